The molecule has 0 saturated heterocycles. The van der Waals surface area contributed by atoms with Gasteiger partial charge in [0.05, 0.1) is 11.1 Å². The summed E-state index contributed by atoms with van der Waals surface area (Å²) < 4.78 is 16.3. The minimum absolute atomic E-state index is 0.0410. The number of ether oxygens (including phenoxy) is 2. The molecule has 1 fully saturated rings. The Morgan fingerprint density at radius 2 is 1.81 bits per heavy atom. The van der Waals surface area contributed by atoms with Crippen molar-refractivity contribution < 1.29 is 18.8 Å². The van der Waals surface area contributed by atoms with E-state index in [2.05, 4.69) is 5.16 Å². The van der Waals surface area contributed by atoms with Crippen LogP contribution in [-0.4, -0.2) is 24.9 Å². The number of para-hydroxylation sites is 1. The van der Waals surface area contributed by atoms with E-state index in [0.717, 1.165) is 29.8 Å². The lowest BCUT2D eigenvalue weighted by molar-refractivity contribution is -0.120. The Hall–Kier alpha value is -3.28. The fourth-order valence-corrected chi connectivity index (χ4v) is 3.48. The Labute approximate surface area is 156 Å². The molecular weight excluding hydrogens is 344 g/mol. The van der Waals surface area contributed by atoms with Crippen LogP contribution in [0.5, 0.6) is 11.5 Å². The van der Waals surface area contributed by atoms with E-state index in [4.69, 9.17) is 14.0 Å². The maximum Gasteiger partial charge on any atom is 0.239 e. The quantitative estimate of drug-likeness (QED) is 0.707. The Morgan fingerprint density at radius 1 is 1.04 bits per heavy atom. The molecule has 1 saturated carbocycles. The number of nitrogens with zero attached hydrogens (tertiary/aromatic N) is 2. The molecule has 5 rings (SSSR count). The normalized spacial score (nSPS) is 16.2. The van der Waals surface area contributed by atoms with Crippen LogP contribution in [0.25, 0.3) is 11.3 Å². The van der Waals surface area contributed by atoms with E-state index < -0.39 is 5.41 Å². The molecule has 6 heteroatoms. The number of hydrogen-bond donors (Lipinski definition) is 0. The Morgan fingerprint density at radius 3 is 2.59 bits per heavy atom. The topological polar surface area (TPSA) is 64.8 Å². The number of hydrogen-bond acceptors (Lipinski definition) is 5. The van der Waals surface area contributed by atoms with E-state index in [1.165, 1.54) is 0 Å². The standard InChI is InChI=1S/C21H18N2O4/c1-23(15-5-3-2-4-6-15)20(24)21(9-10-21)19-12-17(27-22-19)14-7-8-16-18(11-14)26-13-25-16/h2-8,11-12H,9-10,13H2,1H3. The third-order valence-corrected chi connectivity index (χ3v) is 5.27. The molecule has 3 aromatic rings. The van der Waals surface area contributed by atoms with Gasteiger partial charge in [0, 0.05) is 24.4 Å². The molecule has 0 unspecified atom stereocenters. The van der Waals surface area contributed by atoms with Crippen molar-refractivity contribution in [1.29, 1.82) is 0 Å². The van der Waals surface area contributed by atoms with Crippen molar-refractivity contribution in [2.24, 2.45) is 0 Å². The minimum Gasteiger partial charge on any atom is -0.454 e. The van der Waals surface area contributed by atoms with Gasteiger partial charge >= 0.3 is 0 Å². The molecule has 0 atom stereocenters. The predicted molar refractivity (Wildman–Crippen MR) is 98.8 cm³/mol. The second kappa shape index (κ2) is 5.87. The van der Waals surface area contributed by atoms with Gasteiger partial charge < -0.3 is 18.9 Å². The first-order valence-corrected chi connectivity index (χ1v) is 8.88. The second-order valence-corrected chi connectivity index (χ2v) is 6.93. The lowest BCUT2D eigenvalue weighted by Gasteiger charge is -2.22. The van der Waals surface area contributed by atoms with Gasteiger partial charge in [-0.25, -0.2) is 0 Å². The molecule has 1 aliphatic carbocycles. The van der Waals surface area contributed by atoms with Gasteiger partial charge in [0.25, 0.3) is 0 Å². The van der Waals surface area contributed by atoms with E-state index >= 15 is 0 Å². The summed E-state index contributed by atoms with van der Waals surface area (Å²) in [6.45, 7) is 0.226. The Kier molecular flexibility index (Phi) is 3.47. The molecule has 0 N–H and O–H groups in total. The molecule has 1 amide bonds. The zero-order valence-electron chi connectivity index (χ0n) is 14.8. The first kappa shape index (κ1) is 15.9. The van der Waals surface area contributed by atoms with Crippen molar-refractivity contribution in [3.8, 4) is 22.8 Å². The summed E-state index contributed by atoms with van der Waals surface area (Å²) in [5, 5.41) is 4.22. The third-order valence-electron chi connectivity index (χ3n) is 5.27. The van der Waals surface area contributed by atoms with Crippen LogP contribution < -0.4 is 14.4 Å². The van der Waals surface area contributed by atoms with E-state index in [-0.39, 0.29) is 12.7 Å². The van der Waals surface area contributed by atoms with Gasteiger partial charge in [0.1, 0.15) is 0 Å². The second-order valence-electron chi connectivity index (χ2n) is 6.93. The lowest BCUT2D eigenvalue weighted by Crippen LogP contribution is -2.36. The highest BCUT2D eigenvalue weighted by Gasteiger charge is 2.55. The molecule has 27 heavy (non-hydrogen) atoms. The third kappa shape index (κ3) is 2.56. The number of likely N-dealkylation sites (N-methyl/N-ethyl adjacent to an activating group) is 1. The van der Waals surface area contributed by atoms with Gasteiger partial charge in [-0.1, -0.05) is 23.4 Å². The van der Waals surface area contributed by atoms with Crippen LogP contribution in [0.1, 0.15) is 18.5 Å². The van der Waals surface area contributed by atoms with Crippen molar-refractivity contribution in [1.82, 2.24) is 5.16 Å². The highest BCUT2D eigenvalue weighted by Crippen LogP contribution is 2.50. The van der Waals surface area contributed by atoms with Crippen molar-refractivity contribution in [3.05, 3.63) is 60.3 Å². The Balaban J connectivity index is 1.43. The van der Waals surface area contributed by atoms with Crippen molar-refractivity contribution >= 4 is 11.6 Å². The zero-order chi connectivity index (χ0) is 18.4. The predicted octanol–water partition coefficient (Wildman–Crippen LogP) is 3.76. The SMILES string of the molecule is CN(C(=O)C1(c2cc(-c3ccc4c(c3)OCO4)on2)CC1)c1ccccc1. The smallest absolute Gasteiger partial charge is 0.239 e. The number of amides is 1. The van der Waals surface area contributed by atoms with Crippen LogP contribution >= 0.6 is 0 Å². The molecule has 2 heterocycles. The molecule has 1 aliphatic heterocycles. The fourth-order valence-electron chi connectivity index (χ4n) is 3.48. The summed E-state index contributed by atoms with van der Waals surface area (Å²) >= 11 is 0. The highest BCUT2D eigenvalue weighted by molar-refractivity contribution is 6.02. The van der Waals surface area contributed by atoms with Gasteiger partial charge in [-0.3, -0.25) is 4.79 Å². The monoisotopic (exact) mass is 362 g/mol. The maximum absolute atomic E-state index is 13.1. The molecule has 6 nitrogen and oxygen atoms in total. The van der Waals surface area contributed by atoms with Gasteiger partial charge in [-0.15, -0.1) is 0 Å². The van der Waals surface area contributed by atoms with Crippen LogP contribution in [0.3, 0.4) is 0 Å². The summed E-state index contributed by atoms with van der Waals surface area (Å²) in [6.07, 6.45) is 1.55. The summed E-state index contributed by atoms with van der Waals surface area (Å²) in [5.41, 5.74) is 1.80. The molecule has 2 aliphatic rings. The molecular formula is C21H18N2O4. The van der Waals surface area contributed by atoms with Crippen LogP contribution in [-0.2, 0) is 10.2 Å². The van der Waals surface area contributed by atoms with E-state index in [9.17, 15) is 4.79 Å². The largest absolute Gasteiger partial charge is 0.454 e. The van der Waals surface area contributed by atoms with Crippen LogP contribution in [0, 0.1) is 0 Å². The fraction of sp³-hybridized carbons (Fsp3) is 0.238. The summed E-state index contributed by atoms with van der Waals surface area (Å²) in [4.78, 5) is 14.8. The maximum atomic E-state index is 13.1. The molecule has 2 aromatic carbocycles. The first-order valence-electron chi connectivity index (χ1n) is 8.88. The summed E-state index contributed by atoms with van der Waals surface area (Å²) in [6, 6.07) is 17.1. The minimum atomic E-state index is -0.595. The zero-order valence-corrected chi connectivity index (χ0v) is 14.8. The van der Waals surface area contributed by atoms with E-state index in [1.54, 1.807) is 11.9 Å². The Bertz CT molecular complexity index is 1010. The van der Waals surface area contributed by atoms with Crippen molar-refractivity contribution in [3.63, 3.8) is 0 Å². The van der Waals surface area contributed by atoms with E-state index in [0.29, 0.717) is 17.2 Å². The van der Waals surface area contributed by atoms with Gasteiger partial charge in [0.2, 0.25) is 12.7 Å². The number of carbonyl (C=O) groups is 1. The average molecular weight is 362 g/mol. The van der Waals surface area contributed by atoms with Crippen LogP contribution in [0.4, 0.5) is 5.69 Å². The average Bonchev–Trinajstić information content (AvgIpc) is 3.15. The number of carbonyl (C=O) groups excluding carboxylic acids is 1. The van der Waals surface area contributed by atoms with Crippen molar-refractivity contribution in [2.75, 3.05) is 18.7 Å². The van der Waals surface area contributed by atoms with Gasteiger partial charge in [0.15, 0.2) is 17.3 Å². The van der Waals surface area contributed by atoms with Crippen molar-refractivity contribution in [2.45, 2.75) is 18.3 Å². The van der Waals surface area contributed by atoms with Gasteiger partial charge in [-0.05, 0) is 43.2 Å². The molecule has 0 radical (unpaired) electrons. The first-order chi connectivity index (χ1) is 13.2. The number of anilines is 1. The summed E-state index contributed by atoms with van der Waals surface area (Å²) in [7, 11) is 1.80. The molecule has 0 spiro atoms. The lowest BCUT2D eigenvalue weighted by atomic mass is 9.99. The number of benzene rings is 2. The van der Waals surface area contributed by atoms with E-state index in [1.807, 2.05) is 54.6 Å². The van der Waals surface area contributed by atoms with Crippen LogP contribution in [0.2, 0.25) is 0 Å². The molecule has 1 aromatic heterocycles. The van der Waals surface area contributed by atoms with Gasteiger partial charge in [-0.2, -0.15) is 0 Å². The molecule has 0 bridgehead atoms. The number of aromatic nitrogens is 1. The summed E-state index contributed by atoms with van der Waals surface area (Å²) in [5.74, 6) is 2.06. The molecule has 136 valence electrons. The number of rotatable bonds is 4. The number of fused-ring (bicyclic) bond motifs is 1. The van der Waals surface area contributed by atoms with Crippen LogP contribution in [0.15, 0.2) is 59.1 Å². The highest BCUT2D eigenvalue weighted by atomic mass is 16.7.